The molecule has 0 bridgehead atoms. The van der Waals surface area contributed by atoms with E-state index in [0.29, 0.717) is 5.41 Å². The zero-order chi connectivity index (χ0) is 14.4. The van der Waals surface area contributed by atoms with E-state index in [1.807, 2.05) is 0 Å². The molecule has 1 aliphatic rings. The average Bonchev–Trinajstić information content (AvgIpc) is 2.40. The molecule has 1 unspecified atom stereocenters. The first-order chi connectivity index (χ1) is 8.96. The molecule has 0 aromatic carbocycles. The molecule has 1 atom stereocenters. The van der Waals surface area contributed by atoms with Crippen LogP contribution in [-0.2, 0) is 4.74 Å². The monoisotopic (exact) mass is 270 g/mol. The van der Waals surface area contributed by atoms with Gasteiger partial charge in [0.05, 0.1) is 6.61 Å². The second-order valence-electron chi connectivity index (χ2n) is 6.85. The van der Waals surface area contributed by atoms with Crippen LogP contribution in [-0.4, -0.2) is 50.3 Å². The Hall–Kier alpha value is -0.120. The summed E-state index contributed by atoms with van der Waals surface area (Å²) in [5, 5.41) is 3.61. The lowest BCUT2D eigenvalue weighted by Gasteiger charge is -2.45. The largest absolute Gasteiger partial charge is 0.381 e. The maximum absolute atomic E-state index is 5.80. The lowest BCUT2D eigenvalue weighted by atomic mass is 9.80. The fraction of sp³-hybridized carbons (Fsp3) is 1.00. The van der Waals surface area contributed by atoms with Crippen LogP contribution < -0.4 is 5.32 Å². The van der Waals surface area contributed by atoms with Crippen molar-refractivity contribution in [3.63, 3.8) is 0 Å². The van der Waals surface area contributed by atoms with Gasteiger partial charge in [0.1, 0.15) is 0 Å². The van der Waals surface area contributed by atoms with Gasteiger partial charge in [0.15, 0.2) is 0 Å². The van der Waals surface area contributed by atoms with E-state index in [9.17, 15) is 0 Å². The topological polar surface area (TPSA) is 24.5 Å². The van der Waals surface area contributed by atoms with Crippen LogP contribution in [0.1, 0.15) is 53.4 Å². The Labute approximate surface area is 120 Å². The molecule has 114 valence electrons. The van der Waals surface area contributed by atoms with E-state index in [1.165, 1.54) is 25.7 Å². The van der Waals surface area contributed by atoms with Crippen LogP contribution in [0.3, 0.4) is 0 Å². The highest BCUT2D eigenvalue weighted by Gasteiger charge is 2.36. The molecule has 1 fully saturated rings. The minimum absolute atomic E-state index is 0.273. The van der Waals surface area contributed by atoms with Gasteiger partial charge in [0.25, 0.3) is 0 Å². The molecule has 0 radical (unpaired) electrons. The van der Waals surface area contributed by atoms with Gasteiger partial charge in [-0.3, -0.25) is 0 Å². The molecule has 0 amide bonds. The predicted molar refractivity (Wildman–Crippen MR) is 82.6 cm³/mol. The molecule has 0 aliphatic carbocycles. The van der Waals surface area contributed by atoms with E-state index in [4.69, 9.17) is 4.74 Å². The smallest absolute Gasteiger partial charge is 0.0546 e. The molecule has 0 saturated carbocycles. The number of hydrogen-bond acceptors (Lipinski definition) is 3. The molecule has 0 spiro atoms. The van der Waals surface area contributed by atoms with Crippen molar-refractivity contribution in [1.29, 1.82) is 0 Å². The van der Waals surface area contributed by atoms with Crippen molar-refractivity contribution in [2.24, 2.45) is 5.41 Å². The van der Waals surface area contributed by atoms with Crippen LogP contribution in [0.4, 0.5) is 0 Å². The highest BCUT2D eigenvalue weighted by Crippen LogP contribution is 2.31. The third-order valence-corrected chi connectivity index (χ3v) is 4.80. The standard InChI is InChI=1S/C16H34N2O/c1-6-10-17-12-16(9-8-11-19-14-16)13-18(5)15(3,4)7-2/h17H,6-14H2,1-5H3. The Bertz CT molecular complexity index is 247. The molecule has 1 rings (SSSR count). The summed E-state index contributed by atoms with van der Waals surface area (Å²) in [6, 6.07) is 0. The van der Waals surface area contributed by atoms with Crippen molar-refractivity contribution in [3.8, 4) is 0 Å². The summed E-state index contributed by atoms with van der Waals surface area (Å²) in [5.41, 5.74) is 0.573. The zero-order valence-corrected chi connectivity index (χ0v) is 13.7. The lowest BCUT2D eigenvalue weighted by Crippen LogP contribution is -2.53. The molecule has 0 aromatic rings. The third kappa shape index (κ3) is 5.05. The van der Waals surface area contributed by atoms with Gasteiger partial charge in [-0.25, -0.2) is 0 Å². The summed E-state index contributed by atoms with van der Waals surface area (Å²) >= 11 is 0. The maximum atomic E-state index is 5.80. The molecule has 19 heavy (non-hydrogen) atoms. The molecule has 1 aliphatic heterocycles. The Kier molecular flexibility index (Phi) is 6.78. The predicted octanol–water partition coefficient (Wildman–Crippen LogP) is 2.90. The van der Waals surface area contributed by atoms with E-state index in [0.717, 1.165) is 32.8 Å². The minimum Gasteiger partial charge on any atom is -0.381 e. The van der Waals surface area contributed by atoms with Crippen molar-refractivity contribution >= 4 is 0 Å². The summed E-state index contributed by atoms with van der Waals surface area (Å²) in [7, 11) is 2.26. The van der Waals surface area contributed by atoms with Crippen LogP contribution >= 0.6 is 0 Å². The first-order valence-electron chi connectivity index (χ1n) is 7.95. The minimum atomic E-state index is 0.273. The van der Waals surface area contributed by atoms with Crippen LogP contribution in [0.25, 0.3) is 0 Å². The summed E-state index contributed by atoms with van der Waals surface area (Å²) in [4.78, 5) is 2.52. The fourth-order valence-corrected chi connectivity index (χ4v) is 2.75. The average molecular weight is 270 g/mol. The van der Waals surface area contributed by atoms with Gasteiger partial charge in [-0.15, -0.1) is 0 Å². The van der Waals surface area contributed by atoms with Gasteiger partial charge >= 0.3 is 0 Å². The van der Waals surface area contributed by atoms with E-state index < -0.39 is 0 Å². The van der Waals surface area contributed by atoms with Crippen molar-refractivity contribution in [1.82, 2.24) is 10.2 Å². The Morgan fingerprint density at radius 2 is 2.05 bits per heavy atom. The van der Waals surface area contributed by atoms with Gasteiger partial charge in [-0.05, 0) is 53.1 Å². The van der Waals surface area contributed by atoms with Crippen LogP contribution in [0.5, 0.6) is 0 Å². The van der Waals surface area contributed by atoms with Crippen molar-refractivity contribution in [2.45, 2.75) is 58.9 Å². The first-order valence-corrected chi connectivity index (χ1v) is 7.95. The van der Waals surface area contributed by atoms with Gasteiger partial charge in [-0.2, -0.15) is 0 Å². The fourth-order valence-electron chi connectivity index (χ4n) is 2.75. The summed E-state index contributed by atoms with van der Waals surface area (Å²) < 4.78 is 5.80. The number of rotatable bonds is 8. The van der Waals surface area contributed by atoms with Crippen molar-refractivity contribution in [3.05, 3.63) is 0 Å². The normalized spacial score (nSPS) is 24.9. The van der Waals surface area contributed by atoms with Gasteiger partial charge in [0, 0.05) is 30.7 Å². The number of hydrogen-bond donors (Lipinski definition) is 1. The van der Waals surface area contributed by atoms with Gasteiger partial charge < -0.3 is 15.0 Å². The van der Waals surface area contributed by atoms with Gasteiger partial charge in [0.2, 0.25) is 0 Å². The third-order valence-electron chi connectivity index (χ3n) is 4.80. The van der Waals surface area contributed by atoms with Gasteiger partial charge in [-0.1, -0.05) is 13.8 Å². The van der Waals surface area contributed by atoms with E-state index in [2.05, 4.69) is 45.0 Å². The Morgan fingerprint density at radius 3 is 2.58 bits per heavy atom. The molecule has 0 aromatic heterocycles. The molecule has 3 heteroatoms. The van der Waals surface area contributed by atoms with Crippen LogP contribution in [0.15, 0.2) is 0 Å². The summed E-state index contributed by atoms with van der Waals surface area (Å²) in [6.45, 7) is 14.4. The summed E-state index contributed by atoms with van der Waals surface area (Å²) in [6.07, 6.45) is 4.87. The second kappa shape index (κ2) is 7.61. The first kappa shape index (κ1) is 16.9. The molecule has 1 saturated heterocycles. The molecular formula is C16H34N2O. The zero-order valence-electron chi connectivity index (χ0n) is 13.7. The quantitative estimate of drug-likeness (QED) is 0.686. The van der Waals surface area contributed by atoms with Crippen LogP contribution in [0.2, 0.25) is 0 Å². The SMILES string of the molecule is CCCNCC1(CN(C)C(C)(C)CC)CCCOC1. The van der Waals surface area contributed by atoms with E-state index in [-0.39, 0.29) is 5.54 Å². The van der Waals surface area contributed by atoms with E-state index in [1.54, 1.807) is 0 Å². The highest BCUT2D eigenvalue weighted by atomic mass is 16.5. The maximum Gasteiger partial charge on any atom is 0.0546 e. The number of ether oxygens (including phenoxy) is 1. The number of nitrogens with zero attached hydrogens (tertiary/aromatic N) is 1. The summed E-state index contributed by atoms with van der Waals surface area (Å²) in [5.74, 6) is 0. The highest BCUT2D eigenvalue weighted by molar-refractivity contribution is 4.90. The molecular weight excluding hydrogens is 236 g/mol. The molecule has 1 N–H and O–H groups in total. The number of nitrogens with one attached hydrogen (secondary N) is 1. The van der Waals surface area contributed by atoms with Crippen molar-refractivity contribution in [2.75, 3.05) is 39.9 Å². The Morgan fingerprint density at radius 1 is 1.32 bits per heavy atom. The molecule has 1 heterocycles. The Balaban J connectivity index is 2.63. The van der Waals surface area contributed by atoms with Crippen LogP contribution in [0, 0.1) is 5.41 Å². The van der Waals surface area contributed by atoms with Crippen molar-refractivity contribution < 1.29 is 4.74 Å². The second-order valence-corrected chi connectivity index (χ2v) is 6.85. The molecule has 3 nitrogen and oxygen atoms in total. The lowest BCUT2D eigenvalue weighted by molar-refractivity contribution is -0.0371. The van der Waals surface area contributed by atoms with E-state index >= 15 is 0 Å².